The highest BCUT2D eigenvalue weighted by atomic mass is 32.2. The Morgan fingerprint density at radius 1 is 1.38 bits per heavy atom. The van der Waals surface area contributed by atoms with E-state index in [1.807, 2.05) is 13.8 Å². The summed E-state index contributed by atoms with van der Waals surface area (Å²) in [6.07, 6.45) is 1.83. The molecule has 8 heteroatoms. The summed E-state index contributed by atoms with van der Waals surface area (Å²) in [6, 6.07) is 1.60. The summed E-state index contributed by atoms with van der Waals surface area (Å²) in [6.45, 7) is 7.15. The Balaban J connectivity index is 2.10. The van der Waals surface area contributed by atoms with Crippen molar-refractivity contribution in [2.75, 3.05) is 24.8 Å². The molecule has 24 heavy (non-hydrogen) atoms. The van der Waals surface area contributed by atoms with Gasteiger partial charge in [0.15, 0.2) is 9.84 Å². The third-order valence-corrected chi connectivity index (χ3v) is 7.07. The van der Waals surface area contributed by atoms with Crippen molar-refractivity contribution in [2.45, 2.75) is 50.7 Å². The second kappa shape index (κ2) is 6.48. The molecule has 1 heterocycles. The molecule has 7 nitrogen and oxygen atoms in total. The van der Waals surface area contributed by atoms with Crippen molar-refractivity contribution in [3.63, 3.8) is 0 Å². The summed E-state index contributed by atoms with van der Waals surface area (Å²) >= 11 is 0. The summed E-state index contributed by atoms with van der Waals surface area (Å²) in [5.41, 5.74) is 0.243. The molecule has 0 spiro atoms. The van der Waals surface area contributed by atoms with Crippen LogP contribution in [0.1, 0.15) is 46.2 Å². The Kier molecular flexibility index (Phi) is 5.11. The lowest BCUT2D eigenvalue weighted by Gasteiger charge is -2.23. The Morgan fingerprint density at radius 2 is 2.00 bits per heavy atom. The molecule has 1 N–H and O–H groups in total. The first-order valence-electron chi connectivity index (χ1n) is 7.99. The predicted octanol–water partition coefficient (Wildman–Crippen LogP) is 2.14. The Hall–Kier alpha value is -1.41. The van der Waals surface area contributed by atoms with E-state index in [1.54, 1.807) is 13.2 Å². The maximum Gasteiger partial charge on any atom is 0.247 e. The number of ether oxygens (including phenoxy) is 1. The van der Waals surface area contributed by atoms with Gasteiger partial charge in [0.1, 0.15) is 4.75 Å². The van der Waals surface area contributed by atoms with Gasteiger partial charge in [-0.25, -0.2) is 8.42 Å². The normalized spacial score (nSPS) is 16.2. The number of carbonyl (C=O) groups is 1. The first-order chi connectivity index (χ1) is 11.0. The summed E-state index contributed by atoms with van der Waals surface area (Å²) in [5, 5.41) is 6.47. The fourth-order valence-electron chi connectivity index (χ4n) is 2.29. The molecule has 2 rings (SSSR count). The van der Waals surface area contributed by atoms with Crippen molar-refractivity contribution in [2.24, 2.45) is 5.92 Å². The predicted molar refractivity (Wildman–Crippen MR) is 90.6 cm³/mol. The van der Waals surface area contributed by atoms with E-state index in [4.69, 9.17) is 9.26 Å². The number of amides is 1. The van der Waals surface area contributed by atoms with Crippen molar-refractivity contribution in [1.29, 1.82) is 0 Å². The van der Waals surface area contributed by atoms with Crippen molar-refractivity contribution >= 4 is 21.6 Å². The SMILES string of the molecule is COCC(C)(C)c1cc(NC(=O)C(C)(C)S(=O)(=O)CC2CC2)on1. The summed E-state index contributed by atoms with van der Waals surface area (Å²) < 4.78 is 33.7. The molecule has 1 aliphatic carbocycles. The summed E-state index contributed by atoms with van der Waals surface area (Å²) in [7, 11) is -1.95. The minimum Gasteiger partial charge on any atom is -0.384 e. The summed E-state index contributed by atoms with van der Waals surface area (Å²) in [5.74, 6) is -0.242. The maximum absolute atomic E-state index is 12.5. The van der Waals surface area contributed by atoms with Gasteiger partial charge in [0.05, 0.1) is 18.1 Å². The number of anilines is 1. The van der Waals surface area contributed by atoms with Gasteiger partial charge >= 0.3 is 0 Å². The molecule has 136 valence electrons. The van der Waals surface area contributed by atoms with E-state index in [9.17, 15) is 13.2 Å². The van der Waals surface area contributed by atoms with Crippen LogP contribution in [-0.2, 0) is 24.8 Å². The van der Waals surface area contributed by atoms with Crippen LogP contribution in [0.15, 0.2) is 10.6 Å². The van der Waals surface area contributed by atoms with E-state index >= 15 is 0 Å². The number of rotatable bonds is 8. The standard InChI is InChI=1S/C16H26N2O5S/c1-15(2,10-22-5)12-8-13(23-18-12)17-14(19)16(3,4)24(20,21)9-11-6-7-11/h8,11H,6-7,9-10H2,1-5H3,(H,17,19). The monoisotopic (exact) mass is 358 g/mol. The fraction of sp³-hybridized carbons (Fsp3) is 0.750. The topological polar surface area (TPSA) is 98.5 Å². The van der Waals surface area contributed by atoms with E-state index < -0.39 is 20.5 Å². The first kappa shape index (κ1) is 18.9. The van der Waals surface area contributed by atoms with Crippen LogP contribution in [0.3, 0.4) is 0 Å². The molecular weight excluding hydrogens is 332 g/mol. The third kappa shape index (κ3) is 3.97. The second-order valence-corrected chi connectivity index (χ2v) is 10.2. The van der Waals surface area contributed by atoms with E-state index in [0.29, 0.717) is 12.3 Å². The molecule has 0 unspecified atom stereocenters. The van der Waals surface area contributed by atoms with Gasteiger partial charge in [0.25, 0.3) is 0 Å². The Morgan fingerprint density at radius 3 is 2.54 bits per heavy atom. The molecule has 0 aromatic carbocycles. The van der Waals surface area contributed by atoms with Gasteiger partial charge in [-0.05, 0) is 32.6 Å². The van der Waals surface area contributed by atoms with E-state index in [2.05, 4.69) is 10.5 Å². The second-order valence-electron chi connectivity index (χ2n) is 7.58. The molecule has 0 bridgehead atoms. The smallest absolute Gasteiger partial charge is 0.247 e. The Bertz CT molecular complexity index is 702. The number of sulfone groups is 1. The zero-order chi connectivity index (χ0) is 18.2. The number of carbonyl (C=O) groups excluding carboxylic acids is 1. The van der Waals surface area contributed by atoms with Crippen molar-refractivity contribution < 1.29 is 22.5 Å². The van der Waals surface area contributed by atoms with E-state index in [0.717, 1.165) is 12.8 Å². The molecule has 1 amide bonds. The van der Waals surface area contributed by atoms with Gasteiger partial charge in [-0.1, -0.05) is 19.0 Å². The molecule has 1 saturated carbocycles. The van der Waals surface area contributed by atoms with Gasteiger partial charge in [0.2, 0.25) is 11.8 Å². The number of hydrogen-bond donors (Lipinski definition) is 1. The number of methoxy groups -OCH3 is 1. The van der Waals surface area contributed by atoms with E-state index in [1.165, 1.54) is 13.8 Å². The molecule has 0 radical (unpaired) electrons. The van der Waals surface area contributed by atoms with Gasteiger partial charge < -0.3 is 9.26 Å². The highest BCUT2D eigenvalue weighted by Gasteiger charge is 2.44. The molecule has 1 aromatic heterocycles. The van der Waals surface area contributed by atoms with Crippen LogP contribution in [0.5, 0.6) is 0 Å². The third-order valence-electron chi connectivity index (χ3n) is 4.42. The van der Waals surface area contributed by atoms with Gasteiger partial charge in [0, 0.05) is 18.6 Å². The number of hydrogen-bond acceptors (Lipinski definition) is 6. The highest BCUT2D eigenvalue weighted by molar-refractivity contribution is 7.93. The summed E-state index contributed by atoms with van der Waals surface area (Å²) in [4.78, 5) is 12.5. The van der Waals surface area contributed by atoms with Crippen LogP contribution in [0.2, 0.25) is 0 Å². The zero-order valence-corrected chi connectivity index (χ0v) is 15.7. The average Bonchev–Trinajstić information content (AvgIpc) is 3.12. The minimum absolute atomic E-state index is 0.0515. The highest BCUT2D eigenvalue weighted by Crippen LogP contribution is 2.34. The lowest BCUT2D eigenvalue weighted by molar-refractivity contribution is -0.118. The number of aromatic nitrogens is 1. The maximum atomic E-state index is 12.5. The lowest BCUT2D eigenvalue weighted by Crippen LogP contribution is -2.45. The van der Waals surface area contributed by atoms with Crippen LogP contribution in [0.4, 0.5) is 5.88 Å². The zero-order valence-electron chi connectivity index (χ0n) is 14.9. The van der Waals surface area contributed by atoms with Crippen molar-refractivity contribution in [3.05, 3.63) is 11.8 Å². The molecule has 0 aliphatic heterocycles. The molecule has 1 aromatic rings. The first-order valence-corrected chi connectivity index (χ1v) is 9.65. The van der Waals surface area contributed by atoms with Crippen molar-refractivity contribution in [3.8, 4) is 0 Å². The van der Waals surface area contributed by atoms with Gasteiger partial charge in [-0.3, -0.25) is 10.1 Å². The average molecular weight is 358 g/mol. The van der Waals surface area contributed by atoms with Crippen LogP contribution in [-0.4, -0.2) is 43.7 Å². The van der Waals surface area contributed by atoms with Crippen LogP contribution in [0.25, 0.3) is 0 Å². The lowest BCUT2D eigenvalue weighted by atomic mass is 9.90. The van der Waals surface area contributed by atoms with Gasteiger partial charge in [-0.15, -0.1) is 0 Å². The van der Waals surface area contributed by atoms with Crippen LogP contribution < -0.4 is 5.32 Å². The quantitative estimate of drug-likeness (QED) is 0.764. The van der Waals surface area contributed by atoms with Crippen LogP contribution in [0, 0.1) is 5.92 Å². The van der Waals surface area contributed by atoms with Crippen molar-refractivity contribution in [1.82, 2.24) is 5.16 Å². The Labute approximate surface area is 143 Å². The molecule has 1 aliphatic rings. The van der Waals surface area contributed by atoms with Gasteiger partial charge in [-0.2, -0.15) is 0 Å². The minimum atomic E-state index is -3.54. The molecule has 0 saturated heterocycles. The largest absolute Gasteiger partial charge is 0.384 e. The number of nitrogens with zero attached hydrogens (tertiary/aromatic N) is 1. The van der Waals surface area contributed by atoms with Crippen LogP contribution >= 0.6 is 0 Å². The molecule has 0 atom stereocenters. The molecular formula is C16H26N2O5S. The number of nitrogens with one attached hydrogen (secondary N) is 1. The van der Waals surface area contributed by atoms with E-state index in [-0.39, 0.29) is 23.0 Å². The molecule has 1 fully saturated rings. The fourth-order valence-corrected chi connectivity index (χ4v) is 4.00.